The van der Waals surface area contributed by atoms with Crippen LogP contribution in [0, 0.1) is 0 Å². The summed E-state index contributed by atoms with van der Waals surface area (Å²) in [4.78, 5) is 22.0. The maximum atomic E-state index is 11.3. The van der Waals surface area contributed by atoms with E-state index in [9.17, 15) is 9.59 Å². The van der Waals surface area contributed by atoms with Gasteiger partial charge in [-0.05, 0) is 0 Å². The molecule has 1 aromatic carbocycles. The minimum Gasteiger partial charge on any atom is -0.508 e. The van der Waals surface area contributed by atoms with Crippen LogP contribution in [0.2, 0.25) is 0 Å². The van der Waals surface area contributed by atoms with Gasteiger partial charge in [-0.3, -0.25) is 4.79 Å². The molecule has 17 heavy (non-hydrogen) atoms. The summed E-state index contributed by atoms with van der Waals surface area (Å²) >= 11 is 0. The molecule has 1 rings (SSSR count). The number of phenolic OH excluding ortho intramolecular Hbond substituents is 2. The zero-order valence-electron chi connectivity index (χ0n) is 9.06. The number of methoxy groups -OCH3 is 1. The van der Waals surface area contributed by atoms with E-state index in [-0.39, 0.29) is 23.7 Å². The topological polar surface area (TPSA) is 108 Å². The first-order chi connectivity index (χ1) is 8.01. The van der Waals surface area contributed by atoms with Crippen LogP contribution in [0.3, 0.4) is 0 Å². The summed E-state index contributed by atoms with van der Waals surface area (Å²) in [5.41, 5.74) is 0.199. The molecule has 7 nitrogen and oxygen atoms in total. The second kappa shape index (κ2) is 5.59. The molecule has 1 aromatic rings. The zero-order chi connectivity index (χ0) is 12.8. The average Bonchev–Trinajstić information content (AvgIpc) is 2.24. The number of carbonyl (C=O) groups is 2. The van der Waals surface area contributed by atoms with Crippen molar-refractivity contribution in [3.05, 3.63) is 18.2 Å². The lowest BCUT2D eigenvalue weighted by atomic mass is 10.3. The highest BCUT2D eigenvalue weighted by Crippen LogP contribution is 2.23. The average molecular weight is 240 g/mol. The number of hydrogen-bond donors (Lipinski definition) is 4. The Balaban J connectivity index is 2.53. The number of carbonyl (C=O) groups excluding carboxylic acids is 2. The van der Waals surface area contributed by atoms with E-state index >= 15 is 0 Å². The predicted octanol–water partition coefficient (Wildman–Crippen LogP) is 0.392. The van der Waals surface area contributed by atoms with E-state index in [1.54, 1.807) is 0 Å². The Hall–Kier alpha value is -2.44. The van der Waals surface area contributed by atoms with Crippen LogP contribution in [-0.4, -0.2) is 35.9 Å². The van der Waals surface area contributed by atoms with E-state index in [0.717, 1.165) is 6.07 Å². The van der Waals surface area contributed by atoms with E-state index in [1.807, 2.05) is 0 Å². The molecule has 0 saturated heterocycles. The van der Waals surface area contributed by atoms with Crippen molar-refractivity contribution in [3.8, 4) is 11.5 Å². The molecule has 0 heterocycles. The number of benzene rings is 1. The summed E-state index contributed by atoms with van der Waals surface area (Å²) in [6.07, 6.45) is 0. The molecule has 0 atom stereocenters. The lowest BCUT2D eigenvalue weighted by molar-refractivity contribution is -0.139. The first-order valence-corrected chi connectivity index (χ1v) is 4.66. The number of urea groups is 1. The van der Waals surface area contributed by atoms with Crippen molar-refractivity contribution in [1.82, 2.24) is 5.32 Å². The Morgan fingerprint density at radius 3 is 2.35 bits per heavy atom. The van der Waals surface area contributed by atoms with Gasteiger partial charge in [0.25, 0.3) is 0 Å². The number of amides is 2. The number of anilines is 1. The van der Waals surface area contributed by atoms with Gasteiger partial charge >= 0.3 is 12.0 Å². The Morgan fingerprint density at radius 1 is 1.24 bits per heavy atom. The summed E-state index contributed by atoms with van der Waals surface area (Å²) in [5, 5.41) is 22.9. The fourth-order valence-corrected chi connectivity index (χ4v) is 1.07. The maximum Gasteiger partial charge on any atom is 0.325 e. The molecule has 0 aliphatic rings. The zero-order valence-corrected chi connectivity index (χ0v) is 9.06. The molecule has 0 fully saturated rings. The molecular weight excluding hydrogens is 228 g/mol. The molecule has 0 aromatic heterocycles. The second-order valence-corrected chi connectivity index (χ2v) is 3.12. The van der Waals surface area contributed by atoms with Gasteiger partial charge in [-0.1, -0.05) is 0 Å². The van der Waals surface area contributed by atoms with Crippen molar-refractivity contribution >= 4 is 17.7 Å². The first kappa shape index (κ1) is 12.6. The quantitative estimate of drug-likeness (QED) is 0.572. The molecule has 7 heteroatoms. The number of nitrogens with one attached hydrogen (secondary N) is 2. The number of ether oxygens (including phenoxy) is 1. The largest absolute Gasteiger partial charge is 0.508 e. The molecule has 0 aliphatic carbocycles. The molecule has 0 aliphatic heterocycles. The monoisotopic (exact) mass is 240 g/mol. The predicted molar refractivity (Wildman–Crippen MR) is 58.8 cm³/mol. The lowest BCUT2D eigenvalue weighted by Gasteiger charge is -2.07. The third-order valence-electron chi connectivity index (χ3n) is 1.78. The minimum atomic E-state index is -0.652. The van der Waals surface area contributed by atoms with Crippen LogP contribution in [0.15, 0.2) is 18.2 Å². The highest BCUT2D eigenvalue weighted by atomic mass is 16.5. The van der Waals surface area contributed by atoms with Gasteiger partial charge in [-0.2, -0.15) is 0 Å². The fraction of sp³-hybridized carbons (Fsp3) is 0.200. The standard InChI is InChI=1S/C10H12N2O5/c1-17-9(15)5-11-10(16)12-6-2-7(13)4-8(14)3-6/h2-4,13-14H,5H2,1H3,(H2,11,12,16). The van der Waals surface area contributed by atoms with Gasteiger partial charge in [0.15, 0.2) is 0 Å². The van der Waals surface area contributed by atoms with E-state index in [4.69, 9.17) is 10.2 Å². The highest BCUT2D eigenvalue weighted by Gasteiger charge is 2.06. The van der Waals surface area contributed by atoms with Crippen LogP contribution in [0.1, 0.15) is 0 Å². The molecule has 0 saturated carbocycles. The van der Waals surface area contributed by atoms with Gasteiger partial charge in [-0.25, -0.2) is 4.79 Å². The summed E-state index contributed by atoms with van der Waals surface area (Å²) in [7, 11) is 1.20. The molecular formula is C10H12N2O5. The molecule has 92 valence electrons. The molecule has 2 amide bonds. The number of phenols is 2. The van der Waals surface area contributed by atoms with E-state index < -0.39 is 12.0 Å². The van der Waals surface area contributed by atoms with Gasteiger partial charge in [0.2, 0.25) is 0 Å². The van der Waals surface area contributed by atoms with Crippen LogP contribution in [-0.2, 0) is 9.53 Å². The molecule has 4 N–H and O–H groups in total. The van der Waals surface area contributed by atoms with Crippen molar-refractivity contribution in [1.29, 1.82) is 0 Å². The minimum absolute atomic E-state index is 0.187. The van der Waals surface area contributed by atoms with Gasteiger partial charge in [-0.15, -0.1) is 0 Å². The van der Waals surface area contributed by atoms with Crippen molar-refractivity contribution in [3.63, 3.8) is 0 Å². The first-order valence-electron chi connectivity index (χ1n) is 4.66. The maximum absolute atomic E-state index is 11.3. The van der Waals surface area contributed by atoms with Crippen LogP contribution in [0.5, 0.6) is 11.5 Å². The third kappa shape index (κ3) is 4.29. The van der Waals surface area contributed by atoms with Gasteiger partial charge in [0.05, 0.1) is 7.11 Å². The lowest BCUT2D eigenvalue weighted by Crippen LogP contribution is -2.33. The van der Waals surface area contributed by atoms with Crippen molar-refractivity contribution in [2.24, 2.45) is 0 Å². The van der Waals surface area contributed by atoms with E-state index in [1.165, 1.54) is 19.2 Å². The van der Waals surface area contributed by atoms with Crippen molar-refractivity contribution in [2.75, 3.05) is 19.0 Å². The SMILES string of the molecule is COC(=O)CNC(=O)Nc1cc(O)cc(O)c1. The van der Waals surface area contributed by atoms with Crippen LogP contribution < -0.4 is 10.6 Å². The number of aromatic hydroxyl groups is 2. The Labute approximate surface area is 97.0 Å². The van der Waals surface area contributed by atoms with Crippen LogP contribution in [0.4, 0.5) is 10.5 Å². The van der Waals surface area contributed by atoms with Crippen LogP contribution in [0.25, 0.3) is 0 Å². The van der Waals surface area contributed by atoms with Gasteiger partial charge < -0.3 is 25.6 Å². The summed E-state index contributed by atoms with van der Waals surface area (Å²) in [6, 6.07) is 2.97. The Kier molecular flexibility index (Phi) is 4.15. The second-order valence-electron chi connectivity index (χ2n) is 3.12. The summed E-state index contributed by atoms with van der Waals surface area (Å²) in [6.45, 7) is -0.271. The van der Waals surface area contributed by atoms with Crippen molar-refractivity contribution in [2.45, 2.75) is 0 Å². The Bertz CT molecular complexity index is 412. The van der Waals surface area contributed by atoms with Crippen LogP contribution >= 0.6 is 0 Å². The normalized spacial score (nSPS) is 9.47. The van der Waals surface area contributed by atoms with E-state index in [2.05, 4.69) is 15.4 Å². The summed E-state index contributed by atoms with van der Waals surface area (Å²) < 4.78 is 4.33. The van der Waals surface area contributed by atoms with Gasteiger partial charge in [0.1, 0.15) is 18.0 Å². The third-order valence-corrected chi connectivity index (χ3v) is 1.78. The molecule has 0 bridgehead atoms. The fourth-order valence-electron chi connectivity index (χ4n) is 1.07. The van der Waals surface area contributed by atoms with E-state index in [0.29, 0.717) is 0 Å². The molecule has 0 spiro atoms. The highest BCUT2D eigenvalue weighted by molar-refractivity contribution is 5.91. The number of hydrogen-bond acceptors (Lipinski definition) is 5. The van der Waals surface area contributed by atoms with Crippen molar-refractivity contribution < 1.29 is 24.5 Å². The number of esters is 1. The summed E-state index contributed by atoms with van der Waals surface area (Å²) in [5.74, 6) is -0.958. The molecule has 0 radical (unpaired) electrons. The van der Waals surface area contributed by atoms with Gasteiger partial charge in [0, 0.05) is 23.9 Å². The Morgan fingerprint density at radius 2 is 1.82 bits per heavy atom. The smallest absolute Gasteiger partial charge is 0.325 e. The number of rotatable bonds is 3. The molecule has 0 unspecified atom stereocenters.